The van der Waals surface area contributed by atoms with Crippen molar-refractivity contribution in [3.05, 3.63) is 29.1 Å². The largest absolute Gasteiger partial charge is 0.366 e. The van der Waals surface area contributed by atoms with E-state index >= 15 is 0 Å². The standard InChI is InChI=1S/C9H9O3PS2/c1-6-2-3-7(14-6)8-4-5-9(15-8)13(10,11)12/h2-5H,1H3,(H2,10,11,12). The van der Waals surface area contributed by atoms with E-state index in [1.54, 1.807) is 17.4 Å². The summed E-state index contributed by atoms with van der Waals surface area (Å²) in [6, 6.07) is 7.21. The van der Waals surface area contributed by atoms with E-state index in [0.717, 1.165) is 21.1 Å². The lowest BCUT2D eigenvalue weighted by Crippen LogP contribution is -1.94. The van der Waals surface area contributed by atoms with Crippen LogP contribution in [0.3, 0.4) is 0 Å². The summed E-state index contributed by atoms with van der Waals surface area (Å²) in [5.41, 5.74) is 0. The van der Waals surface area contributed by atoms with Crippen molar-refractivity contribution < 1.29 is 14.4 Å². The summed E-state index contributed by atoms with van der Waals surface area (Å²) in [6.07, 6.45) is 0. The summed E-state index contributed by atoms with van der Waals surface area (Å²) in [5, 5.41) is 0. The molecule has 0 saturated carbocycles. The molecule has 0 bridgehead atoms. The van der Waals surface area contributed by atoms with E-state index in [2.05, 4.69) is 0 Å². The van der Waals surface area contributed by atoms with Crippen LogP contribution in [0.4, 0.5) is 0 Å². The normalized spacial score (nSPS) is 11.9. The third kappa shape index (κ3) is 2.38. The van der Waals surface area contributed by atoms with E-state index in [9.17, 15) is 4.57 Å². The third-order valence-electron chi connectivity index (χ3n) is 1.86. The molecule has 0 amide bonds. The van der Waals surface area contributed by atoms with Crippen LogP contribution < -0.4 is 4.62 Å². The van der Waals surface area contributed by atoms with E-state index in [4.69, 9.17) is 9.79 Å². The lowest BCUT2D eigenvalue weighted by molar-refractivity contribution is 0.388. The molecule has 2 N–H and O–H groups in total. The van der Waals surface area contributed by atoms with Crippen molar-refractivity contribution in [1.29, 1.82) is 0 Å². The molecule has 0 aliphatic rings. The van der Waals surface area contributed by atoms with Gasteiger partial charge in [0.05, 0.1) is 0 Å². The Hall–Kier alpha value is -0.450. The van der Waals surface area contributed by atoms with Gasteiger partial charge in [0.2, 0.25) is 0 Å². The molecule has 15 heavy (non-hydrogen) atoms. The van der Waals surface area contributed by atoms with Crippen molar-refractivity contribution in [1.82, 2.24) is 0 Å². The van der Waals surface area contributed by atoms with Crippen LogP contribution >= 0.6 is 30.3 Å². The highest BCUT2D eigenvalue weighted by atomic mass is 32.1. The predicted molar refractivity (Wildman–Crippen MR) is 64.0 cm³/mol. The van der Waals surface area contributed by atoms with E-state index < -0.39 is 7.60 Å². The smallest absolute Gasteiger partial charge is 0.320 e. The first-order valence-electron chi connectivity index (χ1n) is 4.19. The Bertz CT molecular complexity index is 523. The van der Waals surface area contributed by atoms with Crippen molar-refractivity contribution in [3.8, 4) is 9.75 Å². The first-order valence-corrected chi connectivity index (χ1v) is 7.44. The summed E-state index contributed by atoms with van der Waals surface area (Å²) < 4.78 is 11.1. The van der Waals surface area contributed by atoms with Crippen molar-refractivity contribution in [2.24, 2.45) is 0 Å². The van der Waals surface area contributed by atoms with Crippen LogP contribution in [0.25, 0.3) is 9.75 Å². The highest BCUT2D eigenvalue weighted by Gasteiger charge is 2.20. The van der Waals surface area contributed by atoms with Crippen LogP contribution in [0.1, 0.15) is 4.88 Å². The Morgan fingerprint density at radius 1 is 1.07 bits per heavy atom. The SMILES string of the molecule is Cc1ccc(-c2ccc(P(=O)(O)O)s2)s1. The molecule has 0 spiro atoms. The fourth-order valence-corrected chi connectivity index (χ4v) is 3.93. The van der Waals surface area contributed by atoms with Crippen LogP contribution in [-0.4, -0.2) is 9.79 Å². The van der Waals surface area contributed by atoms with Gasteiger partial charge in [0.25, 0.3) is 0 Å². The minimum atomic E-state index is -4.09. The lowest BCUT2D eigenvalue weighted by atomic mass is 10.4. The van der Waals surface area contributed by atoms with Gasteiger partial charge in [0.15, 0.2) is 0 Å². The van der Waals surface area contributed by atoms with Gasteiger partial charge in [0.1, 0.15) is 4.62 Å². The number of thiophene rings is 2. The van der Waals surface area contributed by atoms with Crippen molar-refractivity contribution >= 4 is 34.9 Å². The highest BCUT2D eigenvalue weighted by molar-refractivity contribution is 7.67. The first-order chi connectivity index (χ1) is 6.97. The lowest BCUT2D eigenvalue weighted by Gasteiger charge is -1.97. The number of hydrogen-bond donors (Lipinski definition) is 2. The Morgan fingerprint density at radius 3 is 2.13 bits per heavy atom. The average molecular weight is 260 g/mol. The second-order valence-corrected chi connectivity index (χ2v) is 7.34. The van der Waals surface area contributed by atoms with Crippen LogP contribution in [-0.2, 0) is 4.57 Å². The topological polar surface area (TPSA) is 57.5 Å². The Morgan fingerprint density at radius 2 is 1.67 bits per heavy atom. The monoisotopic (exact) mass is 260 g/mol. The fourth-order valence-electron chi connectivity index (χ4n) is 1.18. The van der Waals surface area contributed by atoms with Gasteiger partial charge in [-0.15, -0.1) is 22.7 Å². The van der Waals surface area contributed by atoms with Gasteiger partial charge >= 0.3 is 7.60 Å². The van der Waals surface area contributed by atoms with Gasteiger partial charge in [-0.05, 0) is 31.2 Å². The van der Waals surface area contributed by atoms with Crippen molar-refractivity contribution in [3.63, 3.8) is 0 Å². The molecular weight excluding hydrogens is 251 g/mol. The summed E-state index contributed by atoms with van der Waals surface area (Å²) >= 11 is 2.78. The molecule has 0 atom stereocenters. The van der Waals surface area contributed by atoms with E-state index in [1.807, 2.05) is 19.1 Å². The van der Waals surface area contributed by atoms with E-state index in [-0.39, 0.29) is 4.62 Å². The molecule has 0 aliphatic carbocycles. The van der Waals surface area contributed by atoms with E-state index in [0.29, 0.717) is 0 Å². The summed E-state index contributed by atoms with van der Waals surface area (Å²) in [5.74, 6) is 0. The maximum atomic E-state index is 11.0. The first kappa shape index (κ1) is 11.0. The molecule has 2 aromatic rings. The fraction of sp³-hybridized carbons (Fsp3) is 0.111. The number of rotatable bonds is 2. The molecule has 0 saturated heterocycles. The maximum Gasteiger partial charge on any atom is 0.366 e. The number of aryl methyl sites for hydroxylation is 1. The zero-order valence-electron chi connectivity index (χ0n) is 7.88. The quantitative estimate of drug-likeness (QED) is 0.816. The molecule has 0 fully saturated rings. The molecule has 0 unspecified atom stereocenters. The van der Waals surface area contributed by atoms with Crippen LogP contribution in [0.2, 0.25) is 0 Å². The highest BCUT2D eigenvalue weighted by Crippen LogP contribution is 2.40. The Kier molecular flexibility index (Phi) is 2.83. The van der Waals surface area contributed by atoms with Gasteiger partial charge in [-0.2, -0.15) is 0 Å². The molecule has 3 nitrogen and oxygen atoms in total. The molecule has 0 aliphatic heterocycles. The second-order valence-electron chi connectivity index (χ2n) is 3.09. The minimum Gasteiger partial charge on any atom is -0.320 e. The van der Waals surface area contributed by atoms with Crippen molar-refractivity contribution in [2.75, 3.05) is 0 Å². The summed E-state index contributed by atoms with van der Waals surface area (Å²) in [7, 11) is -4.09. The predicted octanol–water partition coefficient (Wildman–Crippen LogP) is 2.59. The summed E-state index contributed by atoms with van der Waals surface area (Å²) in [6.45, 7) is 2.01. The van der Waals surface area contributed by atoms with Gasteiger partial charge < -0.3 is 9.79 Å². The van der Waals surface area contributed by atoms with Gasteiger partial charge in [-0.3, -0.25) is 4.57 Å². The van der Waals surface area contributed by atoms with Gasteiger partial charge in [-0.25, -0.2) is 0 Å². The average Bonchev–Trinajstić information content (AvgIpc) is 2.69. The molecule has 6 heteroatoms. The molecular formula is C9H9O3PS2. The zero-order valence-corrected chi connectivity index (χ0v) is 10.4. The second kappa shape index (κ2) is 3.85. The molecule has 2 rings (SSSR count). The molecule has 2 aromatic heterocycles. The van der Waals surface area contributed by atoms with Crippen LogP contribution in [0.5, 0.6) is 0 Å². The Labute approximate surface area is 95.2 Å². The third-order valence-corrected chi connectivity index (χ3v) is 5.66. The van der Waals surface area contributed by atoms with E-state index in [1.165, 1.54) is 10.9 Å². The Balaban J connectivity index is 2.40. The summed E-state index contributed by atoms with van der Waals surface area (Å²) in [4.78, 5) is 21.1. The van der Waals surface area contributed by atoms with Gasteiger partial charge in [0, 0.05) is 14.6 Å². The number of hydrogen-bond acceptors (Lipinski definition) is 3. The molecule has 80 valence electrons. The minimum absolute atomic E-state index is 0.128. The zero-order chi connectivity index (χ0) is 11.1. The molecule has 0 aromatic carbocycles. The van der Waals surface area contributed by atoms with Gasteiger partial charge in [-0.1, -0.05) is 0 Å². The van der Waals surface area contributed by atoms with Crippen LogP contribution in [0.15, 0.2) is 24.3 Å². The van der Waals surface area contributed by atoms with Crippen molar-refractivity contribution in [2.45, 2.75) is 6.92 Å². The van der Waals surface area contributed by atoms with Crippen LogP contribution in [0, 0.1) is 6.92 Å². The molecule has 0 radical (unpaired) electrons. The maximum absolute atomic E-state index is 11.0. The molecule has 2 heterocycles.